The summed E-state index contributed by atoms with van der Waals surface area (Å²) in [6, 6.07) is 0. The molecule has 1 rings (SSSR count). The van der Waals surface area contributed by atoms with E-state index >= 15 is 0 Å². The molecule has 92 valence electrons. The summed E-state index contributed by atoms with van der Waals surface area (Å²) in [5.74, 6) is 0. The summed E-state index contributed by atoms with van der Waals surface area (Å²) in [6.07, 6.45) is 15.5. The second kappa shape index (κ2) is 7.11. The topological polar surface area (TPSA) is 0 Å². The molecule has 0 atom stereocenters. The molecule has 0 aliphatic heterocycles. The molecular weight excluding hydrogens is 204 g/mol. The summed E-state index contributed by atoms with van der Waals surface area (Å²) < 4.78 is 0. The van der Waals surface area contributed by atoms with Crippen molar-refractivity contribution in [2.75, 3.05) is 0 Å². The van der Waals surface area contributed by atoms with E-state index < -0.39 is 0 Å². The Kier molecular flexibility index (Phi) is 5.76. The Bertz CT molecular complexity index is 382. The van der Waals surface area contributed by atoms with E-state index in [0.717, 1.165) is 12.8 Å². The highest BCUT2D eigenvalue weighted by atomic mass is 14.1. The van der Waals surface area contributed by atoms with Crippen LogP contribution in [0, 0.1) is 0 Å². The first-order chi connectivity index (χ1) is 8.11. The van der Waals surface area contributed by atoms with Gasteiger partial charge >= 0.3 is 0 Å². The molecule has 0 unspecified atom stereocenters. The fourth-order valence-electron chi connectivity index (χ4n) is 1.99. The fraction of sp³-hybridized carbons (Fsp3) is 0.412. The van der Waals surface area contributed by atoms with Crippen LogP contribution in [0.4, 0.5) is 0 Å². The van der Waals surface area contributed by atoms with E-state index in [2.05, 4.69) is 57.7 Å². The van der Waals surface area contributed by atoms with Crippen LogP contribution in [0.5, 0.6) is 0 Å². The largest absolute Gasteiger partial charge is 0.0955 e. The van der Waals surface area contributed by atoms with E-state index in [9.17, 15) is 0 Å². The second-order valence-electron chi connectivity index (χ2n) is 5.01. The van der Waals surface area contributed by atoms with Crippen molar-refractivity contribution in [3.8, 4) is 0 Å². The van der Waals surface area contributed by atoms with Crippen LogP contribution in [0.2, 0.25) is 0 Å². The van der Waals surface area contributed by atoms with Gasteiger partial charge in [0.05, 0.1) is 0 Å². The molecule has 0 saturated carbocycles. The first-order valence-corrected chi connectivity index (χ1v) is 6.48. The third kappa shape index (κ3) is 5.53. The van der Waals surface area contributed by atoms with Gasteiger partial charge < -0.3 is 0 Å². The lowest BCUT2D eigenvalue weighted by Gasteiger charge is -2.04. The summed E-state index contributed by atoms with van der Waals surface area (Å²) >= 11 is 0. The van der Waals surface area contributed by atoms with Crippen molar-refractivity contribution in [3.63, 3.8) is 0 Å². The molecule has 0 fully saturated rings. The average Bonchev–Trinajstić information content (AvgIpc) is 2.65. The Balaban J connectivity index is 2.35. The average molecular weight is 228 g/mol. The monoisotopic (exact) mass is 228 g/mol. The highest BCUT2D eigenvalue weighted by Gasteiger charge is 2.07. The summed E-state index contributed by atoms with van der Waals surface area (Å²) in [5, 5.41) is 0. The first kappa shape index (κ1) is 13.8. The number of allylic oxidation sites excluding steroid dienone is 9. The van der Waals surface area contributed by atoms with E-state index in [0.29, 0.717) is 0 Å². The van der Waals surface area contributed by atoms with Crippen LogP contribution >= 0.6 is 0 Å². The van der Waals surface area contributed by atoms with Crippen LogP contribution in [-0.4, -0.2) is 0 Å². The zero-order chi connectivity index (χ0) is 12.7. The van der Waals surface area contributed by atoms with Crippen molar-refractivity contribution in [1.82, 2.24) is 0 Å². The summed E-state index contributed by atoms with van der Waals surface area (Å²) in [7, 11) is 0. The minimum Gasteiger partial charge on any atom is -0.0955 e. The predicted octanol–water partition coefficient (Wildman–Crippen LogP) is 5.51. The Morgan fingerprint density at radius 2 is 2.00 bits per heavy atom. The van der Waals surface area contributed by atoms with Gasteiger partial charge in [0.25, 0.3) is 0 Å². The maximum atomic E-state index is 4.11. The Morgan fingerprint density at radius 1 is 1.29 bits per heavy atom. The van der Waals surface area contributed by atoms with Crippen LogP contribution in [0.3, 0.4) is 0 Å². The van der Waals surface area contributed by atoms with Crippen LogP contribution < -0.4 is 0 Å². The molecule has 0 radical (unpaired) electrons. The first-order valence-electron chi connectivity index (χ1n) is 6.48. The molecule has 0 amide bonds. The molecule has 0 aromatic heterocycles. The predicted molar refractivity (Wildman–Crippen MR) is 78.0 cm³/mol. The molecule has 1 aliphatic carbocycles. The van der Waals surface area contributed by atoms with E-state index in [1.807, 2.05) is 0 Å². The van der Waals surface area contributed by atoms with Crippen molar-refractivity contribution in [2.45, 2.75) is 46.5 Å². The van der Waals surface area contributed by atoms with Gasteiger partial charge in [0.15, 0.2) is 0 Å². The number of hydrogen-bond donors (Lipinski definition) is 0. The number of rotatable bonds is 6. The van der Waals surface area contributed by atoms with Crippen LogP contribution in [0.1, 0.15) is 46.5 Å². The van der Waals surface area contributed by atoms with Gasteiger partial charge in [-0.1, -0.05) is 72.6 Å². The fourth-order valence-corrected chi connectivity index (χ4v) is 1.99. The highest BCUT2D eigenvalue weighted by Crippen LogP contribution is 2.27. The zero-order valence-electron chi connectivity index (χ0n) is 11.4. The quantitative estimate of drug-likeness (QED) is 0.526. The molecular formula is C17H24. The Hall–Kier alpha value is -1.30. The SMILES string of the molecule is C=C(/C=C\C=C(C)C)CC1=CC=C(CCC)C1. The highest BCUT2D eigenvalue weighted by molar-refractivity contribution is 5.35. The van der Waals surface area contributed by atoms with E-state index in [4.69, 9.17) is 0 Å². The van der Waals surface area contributed by atoms with Crippen LogP contribution in [-0.2, 0) is 0 Å². The summed E-state index contributed by atoms with van der Waals surface area (Å²) in [6.45, 7) is 10.6. The molecule has 1 aliphatic rings. The molecule has 0 nitrogen and oxygen atoms in total. The van der Waals surface area contributed by atoms with Crippen molar-refractivity contribution in [3.05, 3.63) is 59.3 Å². The maximum Gasteiger partial charge on any atom is -0.00666 e. The molecule has 0 aromatic rings. The molecule has 17 heavy (non-hydrogen) atoms. The second-order valence-corrected chi connectivity index (χ2v) is 5.01. The van der Waals surface area contributed by atoms with Gasteiger partial charge in [-0.3, -0.25) is 0 Å². The minimum atomic E-state index is 1.01. The lowest BCUT2D eigenvalue weighted by Crippen LogP contribution is -1.85. The maximum absolute atomic E-state index is 4.11. The van der Waals surface area contributed by atoms with Gasteiger partial charge in [-0.15, -0.1) is 0 Å². The van der Waals surface area contributed by atoms with Crippen LogP contribution in [0.25, 0.3) is 0 Å². The summed E-state index contributed by atoms with van der Waals surface area (Å²) in [4.78, 5) is 0. The molecule has 0 saturated heterocycles. The number of hydrogen-bond acceptors (Lipinski definition) is 0. The Morgan fingerprint density at radius 3 is 2.65 bits per heavy atom. The Labute approximate surface area is 106 Å². The third-order valence-corrected chi connectivity index (χ3v) is 2.80. The van der Waals surface area contributed by atoms with Crippen molar-refractivity contribution in [1.29, 1.82) is 0 Å². The van der Waals surface area contributed by atoms with Gasteiger partial charge in [-0.25, -0.2) is 0 Å². The van der Waals surface area contributed by atoms with Crippen molar-refractivity contribution < 1.29 is 0 Å². The molecule has 0 bridgehead atoms. The minimum absolute atomic E-state index is 1.01. The molecule has 0 spiro atoms. The van der Waals surface area contributed by atoms with Gasteiger partial charge in [0, 0.05) is 0 Å². The lowest BCUT2D eigenvalue weighted by atomic mass is 10.0. The van der Waals surface area contributed by atoms with Crippen molar-refractivity contribution >= 4 is 0 Å². The molecule has 0 N–H and O–H groups in total. The molecule has 0 heterocycles. The normalized spacial score (nSPS) is 14.8. The van der Waals surface area contributed by atoms with E-state index in [-0.39, 0.29) is 0 Å². The standard InChI is InChI=1S/C17H24/c1-5-7-16-10-11-17(13-16)12-15(4)9-6-8-14(2)3/h6,8-11H,4-5,7,12-13H2,1-3H3/b9-6-. The van der Waals surface area contributed by atoms with Crippen LogP contribution in [0.15, 0.2) is 59.3 Å². The molecule has 0 heteroatoms. The zero-order valence-corrected chi connectivity index (χ0v) is 11.4. The van der Waals surface area contributed by atoms with Gasteiger partial charge in [0.1, 0.15) is 0 Å². The van der Waals surface area contributed by atoms with Gasteiger partial charge in [0.2, 0.25) is 0 Å². The van der Waals surface area contributed by atoms with E-state index in [1.165, 1.54) is 29.6 Å². The third-order valence-electron chi connectivity index (χ3n) is 2.80. The van der Waals surface area contributed by atoms with E-state index in [1.54, 1.807) is 5.57 Å². The smallest absolute Gasteiger partial charge is 0.00666 e. The van der Waals surface area contributed by atoms with Gasteiger partial charge in [-0.05, 0) is 33.1 Å². The lowest BCUT2D eigenvalue weighted by molar-refractivity contribution is 0.868. The molecule has 0 aromatic carbocycles. The van der Waals surface area contributed by atoms with Gasteiger partial charge in [-0.2, -0.15) is 0 Å². The van der Waals surface area contributed by atoms with Crippen molar-refractivity contribution in [2.24, 2.45) is 0 Å². The summed E-state index contributed by atoms with van der Waals surface area (Å²) in [5.41, 5.74) is 5.59.